The number of hydrogen-bond acceptors (Lipinski definition) is 5. The van der Waals surface area contributed by atoms with Crippen LogP contribution in [0.15, 0.2) is 65.9 Å². The van der Waals surface area contributed by atoms with Crippen LogP contribution in [0.4, 0.5) is 4.39 Å². The zero-order valence-electron chi connectivity index (χ0n) is 22.4. The molecule has 0 bridgehead atoms. The van der Waals surface area contributed by atoms with Gasteiger partial charge < -0.3 is 20.5 Å². The SMILES string of the molecule is CN1N=C2CCN(C(=O)[C@@H](Cn3ccc4ccccc43)NC(=O)C(C)(C)N)C[C@@]2(Cc2ccc(F)cc2)C1=O. The van der Waals surface area contributed by atoms with Gasteiger partial charge in [-0.2, -0.15) is 5.10 Å². The van der Waals surface area contributed by atoms with Gasteiger partial charge in [0.15, 0.2) is 0 Å². The van der Waals surface area contributed by atoms with Crippen LogP contribution in [0.5, 0.6) is 0 Å². The molecule has 1 saturated heterocycles. The van der Waals surface area contributed by atoms with E-state index >= 15 is 0 Å². The fourth-order valence-electron chi connectivity index (χ4n) is 5.47. The number of carbonyl (C=O) groups excluding carboxylic acids is 3. The maximum atomic E-state index is 14.1. The van der Waals surface area contributed by atoms with Crippen molar-refractivity contribution in [2.45, 2.75) is 44.8 Å². The van der Waals surface area contributed by atoms with Gasteiger partial charge in [0.2, 0.25) is 11.8 Å². The first-order valence-corrected chi connectivity index (χ1v) is 13.0. The topological polar surface area (TPSA) is 113 Å². The van der Waals surface area contributed by atoms with Gasteiger partial charge in [0, 0.05) is 38.3 Å². The number of para-hydroxylation sites is 1. The lowest BCUT2D eigenvalue weighted by Crippen LogP contribution is -2.61. The second-order valence-corrected chi connectivity index (χ2v) is 11.0. The number of amides is 3. The third kappa shape index (κ3) is 5.04. The number of hydrazone groups is 1. The number of nitrogens with one attached hydrogen (secondary N) is 1. The van der Waals surface area contributed by atoms with Crippen LogP contribution in [0.25, 0.3) is 10.9 Å². The van der Waals surface area contributed by atoms with Crippen LogP contribution >= 0.6 is 0 Å². The number of fused-ring (bicyclic) bond motifs is 2. The molecule has 2 atom stereocenters. The van der Waals surface area contributed by atoms with Gasteiger partial charge in [0.1, 0.15) is 17.3 Å². The summed E-state index contributed by atoms with van der Waals surface area (Å²) >= 11 is 0. The van der Waals surface area contributed by atoms with Gasteiger partial charge in [-0.05, 0) is 55.5 Å². The second kappa shape index (κ2) is 9.92. The van der Waals surface area contributed by atoms with E-state index in [9.17, 15) is 18.8 Å². The Bertz CT molecular complexity index is 1460. The third-order valence-electron chi connectivity index (χ3n) is 7.58. The third-order valence-corrected chi connectivity index (χ3v) is 7.58. The number of rotatable bonds is 7. The highest BCUT2D eigenvalue weighted by Gasteiger charge is 2.54. The minimum absolute atomic E-state index is 0.107. The van der Waals surface area contributed by atoms with Crippen molar-refractivity contribution in [3.8, 4) is 0 Å². The van der Waals surface area contributed by atoms with E-state index < -0.39 is 22.9 Å². The number of nitrogens with zero attached hydrogens (tertiary/aromatic N) is 4. The van der Waals surface area contributed by atoms with Crippen molar-refractivity contribution in [2.24, 2.45) is 16.3 Å². The minimum Gasteiger partial charge on any atom is -0.345 e. The molecule has 5 rings (SSSR count). The number of carbonyl (C=O) groups is 3. The summed E-state index contributed by atoms with van der Waals surface area (Å²) in [5.41, 5.74) is 6.23. The average molecular weight is 533 g/mol. The van der Waals surface area contributed by atoms with Crippen LogP contribution in [0.3, 0.4) is 0 Å². The Morgan fingerprint density at radius 2 is 1.87 bits per heavy atom. The molecule has 0 spiro atoms. The molecule has 3 heterocycles. The molecule has 3 N–H and O–H groups in total. The Morgan fingerprint density at radius 3 is 2.59 bits per heavy atom. The Kier molecular flexibility index (Phi) is 6.76. The van der Waals surface area contributed by atoms with Gasteiger partial charge in [-0.15, -0.1) is 0 Å². The van der Waals surface area contributed by atoms with Gasteiger partial charge in [-0.1, -0.05) is 30.3 Å². The molecular formula is C29H33FN6O3. The Hall–Kier alpha value is -4.05. The summed E-state index contributed by atoms with van der Waals surface area (Å²) in [7, 11) is 1.61. The predicted octanol–water partition coefficient (Wildman–Crippen LogP) is 2.29. The molecule has 0 aliphatic carbocycles. The molecule has 0 unspecified atom stereocenters. The van der Waals surface area contributed by atoms with Gasteiger partial charge in [0.25, 0.3) is 5.91 Å². The molecule has 2 aromatic carbocycles. The molecule has 2 aliphatic rings. The van der Waals surface area contributed by atoms with Gasteiger partial charge in [0.05, 0.1) is 17.8 Å². The molecule has 9 nitrogen and oxygen atoms in total. The largest absolute Gasteiger partial charge is 0.345 e. The van der Waals surface area contributed by atoms with E-state index in [1.165, 1.54) is 17.1 Å². The van der Waals surface area contributed by atoms with E-state index in [4.69, 9.17) is 5.73 Å². The zero-order valence-corrected chi connectivity index (χ0v) is 22.4. The lowest BCUT2D eigenvalue weighted by molar-refractivity contribution is -0.142. The van der Waals surface area contributed by atoms with E-state index in [1.54, 1.807) is 37.9 Å². The van der Waals surface area contributed by atoms with E-state index in [2.05, 4.69) is 10.4 Å². The van der Waals surface area contributed by atoms with Crippen LogP contribution in [0.1, 0.15) is 25.8 Å². The fourth-order valence-corrected chi connectivity index (χ4v) is 5.47. The first-order chi connectivity index (χ1) is 18.5. The number of piperidine rings is 1. The monoisotopic (exact) mass is 532 g/mol. The number of likely N-dealkylation sites (tertiary alicyclic amines) is 1. The van der Waals surface area contributed by atoms with Crippen molar-refractivity contribution in [3.63, 3.8) is 0 Å². The van der Waals surface area contributed by atoms with Crippen LogP contribution in [0.2, 0.25) is 0 Å². The molecular weight excluding hydrogens is 499 g/mol. The molecule has 0 saturated carbocycles. The highest BCUT2D eigenvalue weighted by atomic mass is 19.1. The lowest BCUT2D eigenvalue weighted by atomic mass is 9.73. The van der Waals surface area contributed by atoms with Crippen molar-refractivity contribution in [2.75, 3.05) is 20.1 Å². The van der Waals surface area contributed by atoms with Gasteiger partial charge >= 0.3 is 0 Å². The molecule has 1 aromatic heterocycles. The second-order valence-electron chi connectivity index (χ2n) is 11.0. The Morgan fingerprint density at radius 1 is 1.15 bits per heavy atom. The summed E-state index contributed by atoms with van der Waals surface area (Å²) < 4.78 is 15.5. The van der Waals surface area contributed by atoms with Crippen LogP contribution < -0.4 is 11.1 Å². The number of halogens is 1. The average Bonchev–Trinajstić information content (AvgIpc) is 3.42. The summed E-state index contributed by atoms with van der Waals surface area (Å²) in [6.45, 7) is 3.84. The summed E-state index contributed by atoms with van der Waals surface area (Å²) in [5.74, 6) is -1.32. The molecule has 3 aromatic rings. The van der Waals surface area contributed by atoms with E-state index in [0.717, 1.165) is 16.5 Å². The van der Waals surface area contributed by atoms with Gasteiger partial charge in [-0.25, -0.2) is 9.40 Å². The summed E-state index contributed by atoms with van der Waals surface area (Å²) in [6.07, 6.45) is 2.59. The fraction of sp³-hybridized carbons (Fsp3) is 0.379. The molecule has 10 heteroatoms. The first kappa shape index (κ1) is 26.6. The quantitative estimate of drug-likeness (QED) is 0.486. The highest BCUT2D eigenvalue weighted by Crippen LogP contribution is 2.38. The zero-order chi connectivity index (χ0) is 27.9. The van der Waals surface area contributed by atoms with Gasteiger partial charge in [-0.3, -0.25) is 14.4 Å². The van der Waals surface area contributed by atoms with Crippen molar-refractivity contribution < 1.29 is 18.8 Å². The van der Waals surface area contributed by atoms with Crippen molar-refractivity contribution in [3.05, 3.63) is 72.2 Å². The normalized spacial score (nSPS) is 20.1. The Labute approximate surface area is 226 Å². The van der Waals surface area contributed by atoms with Crippen molar-refractivity contribution in [1.82, 2.24) is 19.8 Å². The smallest absolute Gasteiger partial charge is 0.256 e. The number of nitrogens with two attached hydrogens (primary N) is 1. The van der Waals surface area contributed by atoms with Crippen molar-refractivity contribution >= 4 is 34.3 Å². The summed E-state index contributed by atoms with van der Waals surface area (Å²) in [6, 6.07) is 14.9. The number of aromatic nitrogens is 1. The summed E-state index contributed by atoms with van der Waals surface area (Å²) in [4.78, 5) is 42.1. The van der Waals surface area contributed by atoms with Crippen molar-refractivity contribution in [1.29, 1.82) is 0 Å². The molecule has 2 aliphatic heterocycles. The number of hydrogen-bond donors (Lipinski definition) is 2. The molecule has 0 radical (unpaired) electrons. The maximum Gasteiger partial charge on any atom is 0.256 e. The lowest BCUT2D eigenvalue weighted by Gasteiger charge is -2.41. The van der Waals surface area contributed by atoms with E-state index in [1.807, 2.05) is 41.1 Å². The maximum absolute atomic E-state index is 14.1. The van der Waals surface area contributed by atoms with E-state index in [-0.39, 0.29) is 37.1 Å². The molecule has 39 heavy (non-hydrogen) atoms. The summed E-state index contributed by atoms with van der Waals surface area (Å²) in [5, 5.41) is 9.70. The molecule has 1 fully saturated rings. The van der Waals surface area contributed by atoms with Crippen LogP contribution in [-0.4, -0.2) is 69.6 Å². The van der Waals surface area contributed by atoms with E-state index in [0.29, 0.717) is 18.7 Å². The Balaban J connectivity index is 1.45. The predicted molar refractivity (Wildman–Crippen MR) is 146 cm³/mol. The molecule has 3 amide bonds. The standard InChI is InChI=1S/C29H33FN6O3/c1-28(2,31)26(38)32-22(17-35-14-12-20-6-4-5-7-23(20)35)25(37)36-15-13-24-29(18-36,27(39)34(3)33-24)16-19-8-10-21(30)11-9-19/h4-12,14,22H,13,15-18,31H2,1-3H3,(H,32,38)/t22-,29-/m1/s1. The van der Waals surface area contributed by atoms with Crippen LogP contribution in [0, 0.1) is 11.2 Å². The first-order valence-electron chi connectivity index (χ1n) is 13.0. The number of benzene rings is 2. The van der Waals surface area contributed by atoms with Crippen LogP contribution in [-0.2, 0) is 27.3 Å². The highest BCUT2D eigenvalue weighted by molar-refractivity contribution is 6.13. The molecule has 204 valence electrons. The minimum atomic E-state index is -1.19.